The summed E-state index contributed by atoms with van der Waals surface area (Å²) in [5.74, 6) is -0.374. The lowest BCUT2D eigenvalue weighted by Gasteiger charge is -2.07. The second-order valence-corrected chi connectivity index (χ2v) is 3.14. The minimum atomic E-state index is -0.374. The Labute approximate surface area is 91.2 Å². The fourth-order valence-corrected chi connectivity index (χ4v) is 0.808. The van der Waals surface area contributed by atoms with Crippen LogP contribution in [0.3, 0.4) is 0 Å². The van der Waals surface area contributed by atoms with E-state index in [4.69, 9.17) is 14.2 Å². The lowest BCUT2D eigenvalue weighted by atomic mass is 10.3. The lowest BCUT2D eigenvalue weighted by Crippen LogP contribution is -2.14. The van der Waals surface area contributed by atoms with Crippen LogP contribution in [0.1, 0.15) is 19.8 Å². The molecule has 0 aliphatic rings. The average molecular weight is 216 g/mol. The summed E-state index contributed by atoms with van der Waals surface area (Å²) in [6.45, 7) is 7.25. The largest absolute Gasteiger partial charge is 0.462 e. The van der Waals surface area contributed by atoms with Crippen molar-refractivity contribution in [3.05, 3.63) is 12.2 Å². The Morgan fingerprint density at radius 2 is 2.00 bits per heavy atom. The molecule has 0 unspecified atom stereocenters. The van der Waals surface area contributed by atoms with Crippen molar-refractivity contribution >= 4 is 5.97 Å². The Morgan fingerprint density at radius 3 is 2.60 bits per heavy atom. The molecule has 0 fully saturated rings. The Morgan fingerprint density at radius 1 is 1.27 bits per heavy atom. The Balaban J connectivity index is 3.47. The zero-order chi connectivity index (χ0) is 11.5. The predicted molar refractivity (Wildman–Crippen MR) is 57.7 cm³/mol. The fraction of sp³-hybridized carbons (Fsp3) is 0.727. The van der Waals surface area contributed by atoms with Gasteiger partial charge in [0.05, 0.1) is 32.0 Å². The number of rotatable bonds is 9. The quantitative estimate of drug-likeness (QED) is 0.333. The van der Waals surface area contributed by atoms with Crippen LogP contribution in [0.2, 0.25) is 0 Å². The van der Waals surface area contributed by atoms with Crippen molar-refractivity contribution in [2.75, 3.05) is 33.5 Å². The zero-order valence-electron chi connectivity index (χ0n) is 9.58. The summed E-state index contributed by atoms with van der Waals surface area (Å²) in [6, 6.07) is 0. The number of hydrogen-bond donors (Lipinski definition) is 0. The smallest absolute Gasteiger partial charge is 0.335 e. The van der Waals surface area contributed by atoms with Crippen LogP contribution in [0.5, 0.6) is 0 Å². The van der Waals surface area contributed by atoms with Crippen LogP contribution in [0.25, 0.3) is 0 Å². The van der Waals surface area contributed by atoms with Crippen LogP contribution in [0, 0.1) is 0 Å². The molecule has 15 heavy (non-hydrogen) atoms. The van der Waals surface area contributed by atoms with E-state index in [-0.39, 0.29) is 12.6 Å². The number of methoxy groups -OCH3 is 1. The van der Waals surface area contributed by atoms with Gasteiger partial charge in [-0.2, -0.15) is 0 Å². The molecule has 0 heterocycles. The predicted octanol–water partition coefficient (Wildman–Crippen LogP) is 1.55. The highest BCUT2D eigenvalue weighted by atomic mass is 16.5. The van der Waals surface area contributed by atoms with Gasteiger partial charge in [0.25, 0.3) is 0 Å². The summed E-state index contributed by atoms with van der Waals surface area (Å²) >= 11 is 0. The van der Waals surface area contributed by atoms with Crippen LogP contribution in [0.4, 0.5) is 0 Å². The molecule has 0 atom stereocenters. The normalized spacial score (nSPS) is 10.0. The molecule has 0 N–H and O–H groups in total. The molecule has 0 spiro atoms. The summed E-state index contributed by atoms with van der Waals surface area (Å²) in [6.07, 6.45) is 1.88. The highest BCUT2D eigenvalue weighted by Crippen LogP contribution is 1.98. The van der Waals surface area contributed by atoms with Gasteiger partial charge in [0.2, 0.25) is 0 Å². The summed E-state index contributed by atoms with van der Waals surface area (Å²) in [5.41, 5.74) is 0.349. The molecule has 4 nitrogen and oxygen atoms in total. The second-order valence-electron chi connectivity index (χ2n) is 3.14. The van der Waals surface area contributed by atoms with Gasteiger partial charge in [-0.1, -0.05) is 19.9 Å². The van der Waals surface area contributed by atoms with Crippen molar-refractivity contribution in [2.45, 2.75) is 19.8 Å². The number of unbranched alkanes of at least 4 members (excludes halogenated alkanes) is 1. The van der Waals surface area contributed by atoms with Gasteiger partial charge < -0.3 is 14.2 Å². The van der Waals surface area contributed by atoms with Gasteiger partial charge in [0.1, 0.15) is 0 Å². The molecule has 0 aromatic rings. The minimum Gasteiger partial charge on any atom is -0.462 e. The van der Waals surface area contributed by atoms with Crippen molar-refractivity contribution in [3.8, 4) is 0 Å². The van der Waals surface area contributed by atoms with E-state index in [1.807, 2.05) is 6.92 Å². The topological polar surface area (TPSA) is 44.8 Å². The van der Waals surface area contributed by atoms with E-state index in [0.717, 1.165) is 12.8 Å². The molecular formula is C11H20O4. The van der Waals surface area contributed by atoms with Crippen LogP contribution in [-0.4, -0.2) is 39.5 Å². The van der Waals surface area contributed by atoms with Crippen LogP contribution in [-0.2, 0) is 19.0 Å². The van der Waals surface area contributed by atoms with Crippen molar-refractivity contribution in [2.24, 2.45) is 0 Å². The molecule has 0 saturated carbocycles. The summed E-state index contributed by atoms with van der Waals surface area (Å²) < 4.78 is 14.9. The van der Waals surface area contributed by atoms with E-state index in [1.165, 1.54) is 0 Å². The van der Waals surface area contributed by atoms with Crippen molar-refractivity contribution < 1.29 is 19.0 Å². The van der Waals surface area contributed by atoms with E-state index < -0.39 is 0 Å². The summed E-state index contributed by atoms with van der Waals surface area (Å²) in [5, 5.41) is 0. The van der Waals surface area contributed by atoms with Gasteiger partial charge in [-0.25, -0.2) is 4.79 Å². The minimum absolute atomic E-state index is 0.203. The van der Waals surface area contributed by atoms with E-state index in [1.54, 1.807) is 7.11 Å². The molecule has 0 aromatic heterocycles. The number of carbonyl (C=O) groups is 1. The lowest BCUT2D eigenvalue weighted by molar-refractivity contribution is -0.139. The molecule has 0 saturated heterocycles. The third kappa shape index (κ3) is 8.15. The molecule has 0 aromatic carbocycles. The molecular weight excluding hydrogens is 196 g/mol. The van der Waals surface area contributed by atoms with Gasteiger partial charge in [-0.3, -0.25) is 0 Å². The van der Waals surface area contributed by atoms with Gasteiger partial charge in [0, 0.05) is 7.11 Å². The monoisotopic (exact) mass is 216 g/mol. The molecule has 4 heteroatoms. The Hall–Kier alpha value is -0.870. The maximum absolute atomic E-state index is 11.2. The van der Waals surface area contributed by atoms with Crippen LogP contribution >= 0.6 is 0 Å². The first-order chi connectivity index (χ1) is 7.22. The zero-order valence-corrected chi connectivity index (χ0v) is 9.58. The molecule has 0 rings (SSSR count). The summed E-state index contributed by atoms with van der Waals surface area (Å²) in [4.78, 5) is 11.2. The first-order valence-electron chi connectivity index (χ1n) is 5.14. The first-order valence-corrected chi connectivity index (χ1v) is 5.14. The van der Waals surface area contributed by atoms with E-state index in [2.05, 4.69) is 6.58 Å². The van der Waals surface area contributed by atoms with E-state index in [0.29, 0.717) is 25.4 Å². The van der Waals surface area contributed by atoms with Gasteiger partial charge in [0.15, 0.2) is 0 Å². The molecule has 0 radical (unpaired) electrons. The highest BCUT2D eigenvalue weighted by Gasteiger charge is 2.07. The maximum Gasteiger partial charge on any atom is 0.335 e. The molecule has 88 valence electrons. The maximum atomic E-state index is 11.2. The standard InChI is InChI=1S/C11H20O4/c1-4-5-6-15-11(12)10(2)9-14-8-7-13-3/h2,4-9H2,1,3H3. The molecule has 0 aliphatic carbocycles. The molecule has 0 aliphatic heterocycles. The van der Waals surface area contributed by atoms with E-state index in [9.17, 15) is 4.79 Å². The van der Waals surface area contributed by atoms with Crippen molar-refractivity contribution in [3.63, 3.8) is 0 Å². The van der Waals surface area contributed by atoms with Crippen molar-refractivity contribution in [1.82, 2.24) is 0 Å². The van der Waals surface area contributed by atoms with Gasteiger partial charge in [-0.15, -0.1) is 0 Å². The third-order valence-corrected chi connectivity index (χ3v) is 1.73. The second kappa shape index (κ2) is 9.68. The number of carbonyl (C=O) groups excluding carboxylic acids is 1. The van der Waals surface area contributed by atoms with Crippen LogP contribution < -0.4 is 0 Å². The summed E-state index contributed by atoms with van der Waals surface area (Å²) in [7, 11) is 1.59. The number of esters is 1. The Kier molecular flexibility index (Phi) is 9.11. The fourth-order valence-electron chi connectivity index (χ4n) is 0.808. The molecule has 0 amide bonds. The van der Waals surface area contributed by atoms with Crippen molar-refractivity contribution in [1.29, 1.82) is 0 Å². The Bertz CT molecular complexity index is 189. The van der Waals surface area contributed by atoms with E-state index >= 15 is 0 Å². The molecule has 0 bridgehead atoms. The van der Waals surface area contributed by atoms with Gasteiger partial charge >= 0.3 is 5.97 Å². The number of ether oxygens (including phenoxy) is 3. The average Bonchev–Trinajstić information content (AvgIpc) is 2.24. The highest BCUT2D eigenvalue weighted by molar-refractivity contribution is 5.87. The van der Waals surface area contributed by atoms with Crippen LogP contribution in [0.15, 0.2) is 12.2 Å². The first kappa shape index (κ1) is 14.1. The van der Waals surface area contributed by atoms with Gasteiger partial charge in [-0.05, 0) is 6.42 Å². The SMILES string of the molecule is C=C(COCCOC)C(=O)OCCCC. The third-order valence-electron chi connectivity index (χ3n) is 1.73. The number of hydrogen-bond acceptors (Lipinski definition) is 4.